The van der Waals surface area contributed by atoms with Crippen LogP contribution >= 0.6 is 11.8 Å². The van der Waals surface area contributed by atoms with Gasteiger partial charge in [0.2, 0.25) is 0 Å². The molecule has 2 aromatic rings. The van der Waals surface area contributed by atoms with E-state index < -0.39 is 23.2 Å². The van der Waals surface area contributed by atoms with Crippen LogP contribution in [0.4, 0.5) is 10.5 Å². The summed E-state index contributed by atoms with van der Waals surface area (Å²) in [7, 11) is 0. The number of esters is 1. The SMILES string of the molecule is CCOC(=O)C(C)N1C(=O)S/C(=C/c2ccccc2OCC(=O)Nc2ccc(C)cc2)C1=O. The molecule has 0 bridgehead atoms. The van der Waals surface area contributed by atoms with Crippen LogP contribution < -0.4 is 10.1 Å². The first-order chi connectivity index (χ1) is 15.8. The molecule has 1 unspecified atom stereocenters. The monoisotopic (exact) mass is 468 g/mol. The third kappa shape index (κ3) is 6.01. The molecule has 1 saturated heterocycles. The molecule has 0 spiro atoms. The van der Waals surface area contributed by atoms with Crippen LogP contribution in [0.2, 0.25) is 0 Å². The molecule has 0 radical (unpaired) electrons. The maximum absolute atomic E-state index is 12.8. The van der Waals surface area contributed by atoms with Crippen LogP contribution in [0.25, 0.3) is 6.08 Å². The molecule has 1 N–H and O–H groups in total. The highest BCUT2D eigenvalue weighted by atomic mass is 32.2. The van der Waals surface area contributed by atoms with Gasteiger partial charge in [0.1, 0.15) is 11.8 Å². The van der Waals surface area contributed by atoms with Crippen LogP contribution in [0.1, 0.15) is 25.0 Å². The lowest BCUT2D eigenvalue weighted by molar-refractivity contribution is -0.150. The second-order valence-electron chi connectivity index (χ2n) is 7.22. The maximum Gasteiger partial charge on any atom is 0.329 e. The topological polar surface area (TPSA) is 102 Å². The number of carbonyl (C=O) groups excluding carboxylic acids is 4. The Kier molecular flexibility index (Phi) is 7.89. The van der Waals surface area contributed by atoms with E-state index >= 15 is 0 Å². The van der Waals surface area contributed by atoms with Gasteiger partial charge in [-0.05, 0) is 56.8 Å². The number of anilines is 1. The summed E-state index contributed by atoms with van der Waals surface area (Å²) in [5.74, 6) is -1.19. The average molecular weight is 469 g/mol. The van der Waals surface area contributed by atoms with Crippen molar-refractivity contribution in [3.63, 3.8) is 0 Å². The Morgan fingerprint density at radius 1 is 1.12 bits per heavy atom. The number of aryl methyl sites for hydroxylation is 1. The van der Waals surface area contributed by atoms with E-state index in [1.54, 1.807) is 43.3 Å². The van der Waals surface area contributed by atoms with Crippen molar-refractivity contribution >= 4 is 46.5 Å². The Bertz CT molecular complexity index is 1100. The zero-order valence-electron chi connectivity index (χ0n) is 18.5. The highest BCUT2D eigenvalue weighted by Crippen LogP contribution is 2.35. The Balaban J connectivity index is 1.70. The van der Waals surface area contributed by atoms with Crippen molar-refractivity contribution in [3.05, 3.63) is 64.6 Å². The predicted molar refractivity (Wildman–Crippen MR) is 126 cm³/mol. The Hall–Kier alpha value is -3.59. The van der Waals surface area contributed by atoms with Crippen molar-refractivity contribution in [2.75, 3.05) is 18.5 Å². The van der Waals surface area contributed by atoms with Crippen molar-refractivity contribution < 1.29 is 28.7 Å². The number of para-hydroxylation sites is 1. The summed E-state index contributed by atoms with van der Waals surface area (Å²) in [6.07, 6.45) is 1.51. The van der Waals surface area contributed by atoms with Gasteiger partial charge in [0.25, 0.3) is 17.1 Å². The smallest absolute Gasteiger partial charge is 0.329 e. The minimum Gasteiger partial charge on any atom is -0.483 e. The van der Waals surface area contributed by atoms with Crippen LogP contribution in [-0.2, 0) is 19.1 Å². The van der Waals surface area contributed by atoms with Crippen molar-refractivity contribution in [2.45, 2.75) is 26.8 Å². The quantitative estimate of drug-likeness (QED) is 0.461. The third-order valence-corrected chi connectivity index (χ3v) is 5.62. The molecule has 3 amide bonds. The van der Waals surface area contributed by atoms with E-state index in [9.17, 15) is 19.2 Å². The Labute approximate surface area is 195 Å². The van der Waals surface area contributed by atoms with Crippen molar-refractivity contribution in [1.29, 1.82) is 0 Å². The van der Waals surface area contributed by atoms with E-state index in [0.717, 1.165) is 22.2 Å². The van der Waals surface area contributed by atoms with Crippen LogP contribution in [-0.4, -0.2) is 47.2 Å². The normalized spacial score (nSPS) is 15.5. The lowest BCUT2D eigenvalue weighted by Gasteiger charge is -2.19. The van der Waals surface area contributed by atoms with Gasteiger partial charge in [-0.3, -0.25) is 19.3 Å². The number of nitrogens with zero attached hydrogens (tertiary/aromatic N) is 1. The number of hydrogen-bond donors (Lipinski definition) is 1. The van der Waals surface area contributed by atoms with Gasteiger partial charge in [0.15, 0.2) is 6.61 Å². The van der Waals surface area contributed by atoms with E-state index in [0.29, 0.717) is 17.0 Å². The standard InChI is InChI=1S/C24H24N2O6S/c1-4-31-23(29)16(3)26-22(28)20(33-24(26)30)13-17-7-5-6-8-19(17)32-14-21(27)25-18-11-9-15(2)10-12-18/h5-13,16H,4,14H2,1-3H3,(H,25,27)/b20-13+. The third-order valence-electron chi connectivity index (χ3n) is 4.74. The maximum atomic E-state index is 12.8. The predicted octanol–water partition coefficient (Wildman–Crippen LogP) is 4.00. The number of imide groups is 1. The van der Waals surface area contributed by atoms with Gasteiger partial charge in [0.05, 0.1) is 11.5 Å². The van der Waals surface area contributed by atoms with Gasteiger partial charge < -0.3 is 14.8 Å². The molecule has 9 heteroatoms. The molecule has 172 valence electrons. The molecular weight excluding hydrogens is 444 g/mol. The van der Waals surface area contributed by atoms with E-state index in [4.69, 9.17) is 9.47 Å². The summed E-state index contributed by atoms with van der Waals surface area (Å²) in [6, 6.07) is 13.2. The zero-order chi connectivity index (χ0) is 24.0. The molecule has 1 heterocycles. The average Bonchev–Trinajstić information content (AvgIpc) is 3.07. The zero-order valence-corrected chi connectivity index (χ0v) is 19.3. The second-order valence-corrected chi connectivity index (χ2v) is 8.21. The number of ether oxygens (including phenoxy) is 2. The van der Waals surface area contributed by atoms with E-state index in [1.165, 1.54) is 13.0 Å². The van der Waals surface area contributed by atoms with Crippen LogP contribution in [0.5, 0.6) is 5.75 Å². The van der Waals surface area contributed by atoms with Gasteiger partial charge in [-0.15, -0.1) is 0 Å². The van der Waals surface area contributed by atoms with Crippen molar-refractivity contribution in [1.82, 2.24) is 4.90 Å². The van der Waals surface area contributed by atoms with Crippen LogP contribution in [0, 0.1) is 6.92 Å². The summed E-state index contributed by atoms with van der Waals surface area (Å²) < 4.78 is 10.6. The van der Waals surface area contributed by atoms with Crippen LogP contribution in [0.3, 0.4) is 0 Å². The first kappa shape index (κ1) is 24.1. The number of nitrogens with one attached hydrogen (secondary N) is 1. The highest BCUT2D eigenvalue weighted by Gasteiger charge is 2.41. The van der Waals surface area contributed by atoms with E-state index in [1.807, 2.05) is 19.1 Å². The minimum absolute atomic E-state index is 0.149. The van der Waals surface area contributed by atoms with Crippen LogP contribution in [0.15, 0.2) is 53.4 Å². The molecule has 8 nitrogen and oxygen atoms in total. The molecule has 0 saturated carbocycles. The lowest BCUT2D eigenvalue weighted by atomic mass is 10.1. The van der Waals surface area contributed by atoms with Gasteiger partial charge in [0, 0.05) is 11.3 Å². The summed E-state index contributed by atoms with van der Waals surface area (Å²) in [5.41, 5.74) is 2.26. The van der Waals surface area contributed by atoms with Gasteiger partial charge in [-0.1, -0.05) is 35.9 Å². The molecule has 1 aliphatic rings. The fourth-order valence-electron chi connectivity index (χ4n) is 3.03. The first-order valence-electron chi connectivity index (χ1n) is 10.3. The summed E-state index contributed by atoms with van der Waals surface area (Å²) >= 11 is 0.732. The molecule has 0 aliphatic carbocycles. The van der Waals surface area contributed by atoms with Gasteiger partial charge in [-0.25, -0.2) is 4.79 Å². The number of rotatable bonds is 8. The molecule has 33 heavy (non-hydrogen) atoms. The van der Waals surface area contributed by atoms with E-state index in [-0.39, 0.29) is 24.0 Å². The molecule has 0 aromatic heterocycles. The minimum atomic E-state index is -1.03. The molecule has 1 aliphatic heterocycles. The molecule has 2 aromatic carbocycles. The fraction of sp³-hybridized carbons (Fsp3) is 0.250. The van der Waals surface area contributed by atoms with Crippen molar-refractivity contribution in [2.24, 2.45) is 0 Å². The summed E-state index contributed by atoms with van der Waals surface area (Å²) in [6.45, 7) is 4.96. The van der Waals surface area contributed by atoms with Crippen molar-refractivity contribution in [3.8, 4) is 5.75 Å². The number of carbonyl (C=O) groups is 4. The second kappa shape index (κ2) is 10.8. The molecule has 3 rings (SSSR count). The Morgan fingerprint density at radius 2 is 1.82 bits per heavy atom. The first-order valence-corrected chi connectivity index (χ1v) is 11.1. The van der Waals surface area contributed by atoms with E-state index in [2.05, 4.69) is 5.32 Å². The number of amides is 3. The molecule has 1 atom stereocenters. The summed E-state index contributed by atoms with van der Waals surface area (Å²) in [4.78, 5) is 50.4. The fourth-order valence-corrected chi connectivity index (χ4v) is 3.93. The molecular formula is C24H24N2O6S. The van der Waals surface area contributed by atoms with Gasteiger partial charge in [-0.2, -0.15) is 0 Å². The highest BCUT2D eigenvalue weighted by molar-refractivity contribution is 8.18. The lowest BCUT2D eigenvalue weighted by Crippen LogP contribution is -2.42. The largest absolute Gasteiger partial charge is 0.483 e. The number of thioether (sulfide) groups is 1. The van der Waals surface area contributed by atoms with Gasteiger partial charge >= 0.3 is 5.97 Å². The number of benzene rings is 2. The number of hydrogen-bond acceptors (Lipinski definition) is 7. The Morgan fingerprint density at radius 3 is 2.52 bits per heavy atom. The molecule has 1 fully saturated rings. The summed E-state index contributed by atoms with van der Waals surface area (Å²) in [5, 5.41) is 2.20.